The summed E-state index contributed by atoms with van der Waals surface area (Å²) in [5.41, 5.74) is 0.443. The van der Waals surface area contributed by atoms with Crippen molar-refractivity contribution in [3.63, 3.8) is 0 Å². The second-order valence-corrected chi connectivity index (χ2v) is 7.30. The number of benzene rings is 1. The number of aryl methyl sites for hydroxylation is 1. The van der Waals surface area contributed by atoms with Gasteiger partial charge in [0.1, 0.15) is 11.6 Å². The fraction of sp³-hybridized carbons (Fsp3) is 0.529. The van der Waals surface area contributed by atoms with Crippen molar-refractivity contribution in [1.82, 2.24) is 10.4 Å². The minimum Gasteiger partial charge on any atom is -0.444 e. The first-order valence-electron chi connectivity index (χ1n) is 7.68. The van der Waals surface area contributed by atoms with Crippen LogP contribution >= 0.6 is 15.9 Å². The third-order valence-electron chi connectivity index (χ3n) is 3.21. The lowest BCUT2D eigenvalue weighted by molar-refractivity contribution is -0.171. The van der Waals surface area contributed by atoms with Crippen molar-refractivity contribution in [3.8, 4) is 0 Å². The topological polar surface area (TPSA) is 67.9 Å². The van der Waals surface area contributed by atoms with Crippen molar-refractivity contribution >= 4 is 27.9 Å². The molecule has 1 aromatic rings. The quantitative estimate of drug-likeness (QED) is 0.743. The first-order valence-corrected chi connectivity index (χ1v) is 8.47. The summed E-state index contributed by atoms with van der Waals surface area (Å²) in [6.07, 6.45) is 0.450. The van der Waals surface area contributed by atoms with E-state index in [1.807, 2.05) is 24.3 Å². The molecule has 1 atom stereocenters. The Bertz CT molecular complexity index is 555. The molecule has 0 unspecified atom stereocenters. The summed E-state index contributed by atoms with van der Waals surface area (Å²) in [5.74, 6) is -0.333. The minimum absolute atomic E-state index is 0.333. The molecule has 2 amide bonds. The van der Waals surface area contributed by atoms with E-state index in [-0.39, 0.29) is 5.91 Å². The molecule has 0 radical (unpaired) electrons. The fourth-order valence-corrected chi connectivity index (χ4v) is 2.24. The van der Waals surface area contributed by atoms with Crippen LogP contribution in [0.2, 0.25) is 0 Å². The Morgan fingerprint density at radius 2 is 1.83 bits per heavy atom. The fourth-order valence-electron chi connectivity index (χ4n) is 1.98. The number of likely N-dealkylation sites (N-methyl/N-ethyl adjacent to an activating group) is 1. The number of amides is 2. The predicted octanol–water partition coefficient (Wildman–Crippen LogP) is 3.29. The lowest BCUT2D eigenvalue weighted by Gasteiger charge is -2.25. The summed E-state index contributed by atoms with van der Waals surface area (Å²) < 4.78 is 6.22. The van der Waals surface area contributed by atoms with Crippen LogP contribution in [0.4, 0.5) is 4.79 Å². The van der Waals surface area contributed by atoms with Gasteiger partial charge in [-0.1, -0.05) is 28.1 Å². The molecular formula is C17H25BrN2O4. The molecule has 0 aliphatic rings. The van der Waals surface area contributed by atoms with Crippen molar-refractivity contribution in [1.29, 1.82) is 0 Å². The number of rotatable bonds is 6. The second-order valence-electron chi connectivity index (χ2n) is 6.38. The van der Waals surface area contributed by atoms with E-state index in [4.69, 9.17) is 9.57 Å². The van der Waals surface area contributed by atoms with Crippen molar-refractivity contribution in [2.75, 3.05) is 14.2 Å². The van der Waals surface area contributed by atoms with Crippen molar-refractivity contribution < 1.29 is 19.2 Å². The molecule has 1 rings (SSSR count). The lowest BCUT2D eigenvalue weighted by atomic mass is 10.0. The summed E-state index contributed by atoms with van der Waals surface area (Å²) in [6.45, 7) is 5.31. The Balaban J connectivity index is 2.75. The smallest absolute Gasteiger partial charge is 0.408 e. The predicted molar refractivity (Wildman–Crippen MR) is 95.4 cm³/mol. The van der Waals surface area contributed by atoms with Crippen LogP contribution in [-0.2, 0) is 20.8 Å². The van der Waals surface area contributed by atoms with Gasteiger partial charge in [-0.3, -0.25) is 9.63 Å². The van der Waals surface area contributed by atoms with Gasteiger partial charge in [0.05, 0.1) is 7.11 Å². The zero-order chi connectivity index (χ0) is 18.3. The standard InChI is InChI=1S/C17H25BrN2O4/c1-17(2,3)24-16(22)19-14(15(21)20(4)23-5)11-8-12-6-9-13(18)10-7-12/h6-7,9-10,14H,8,11H2,1-5H3,(H,19,22)/t14-/m0/s1. The van der Waals surface area contributed by atoms with Gasteiger partial charge in [0.2, 0.25) is 0 Å². The number of ether oxygens (including phenoxy) is 1. The molecule has 0 bridgehead atoms. The SMILES string of the molecule is CON(C)C(=O)[C@H](CCc1ccc(Br)cc1)NC(=O)OC(C)(C)C. The highest BCUT2D eigenvalue weighted by Gasteiger charge is 2.26. The molecule has 6 nitrogen and oxygen atoms in total. The van der Waals surface area contributed by atoms with E-state index in [1.54, 1.807) is 20.8 Å². The number of nitrogens with zero attached hydrogens (tertiary/aromatic N) is 1. The molecule has 0 saturated carbocycles. The number of alkyl carbamates (subject to hydrolysis) is 1. The maximum atomic E-state index is 12.4. The van der Waals surface area contributed by atoms with E-state index in [0.29, 0.717) is 12.8 Å². The van der Waals surface area contributed by atoms with Gasteiger partial charge in [0.25, 0.3) is 5.91 Å². The van der Waals surface area contributed by atoms with Crippen molar-refractivity contribution in [2.45, 2.75) is 45.3 Å². The molecule has 0 heterocycles. The maximum Gasteiger partial charge on any atom is 0.408 e. The van der Waals surface area contributed by atoms with Crippen LogP contribution < -0.4 is 5.32 Å². The van der Waals surface area contributed by atoms with Gasteiger partial charge in [-0.2, -0.15) is 0 Å². The molecular weight excluding hydrogens is 376 g/mol. The number of carbonyl (C=O) groups is 2. The monoisotopic (exact) mass is 400 g/mol. The molecule has 7 heteroatoms. The Morgan fingerprint density at radius 3 is 2.33 bits per heavy atom. The third-order valence-corrected chi connectivity index (χ3v) is 3.74. The number of hydrogen-bond donors (Lipinski definition) is 1. The summed E-state index contributed by atoms with van der Waals surface area (Å²) in [5, 5.41) is 3.73. The first-order chi connectivity index (χ1) is 11.1. The number of carbonyl (C=O) groups excluding carboxylic acids is 2. The Morgan fingerprint density at radius 1 is 1.25 bits per heavy atom. The third kappa shape index (κ3) is 7.31. The first kappa shape index (κ1) is 20.4. The van der Waals surface area contributed by atoms with E-state index < -0.39 is 17.7 Å². The van der Waals surface area contributed by atoms with Gasteiger partial charge >= 0.3 is 6.09 Å². The van der Waals surface area contributed by atoms with E-state index in [0.717, 1.165) is 15.1 Å². The molecule has 0 aliphatic carbocycles. The zero-order valence-electron chi connectivity index (χ0n) is 14.8. The molecule has 0 spiro atoms. The van der Waals surface area contributed by atoms with Crippen LogP contribution in [0.15, 0.2) is 28.7 Å². The average molecular weight is 401 g/mol. The van der Waals surface area contributed by atoms with Crippen molar-refractivity contribution in [3.05, 3.63) is 34.3 Å². The molecule has 0 saturated heterocycles. The lowest BCUT2D eigenvalue weighted by Crippen LogP contribution is -2.48. The summed E-state index contributed by atoms with van der Waals surface area (Å²) in [7, 11) is 2.91. The van der Waals surface area contributed by atoms with Gasteiger partial charge < -0.3 is 10.1 Å². The summed E-state index contributed by atoms with van der Waals surface area (Å²) in [4.78, 5) is 29.3. The van der Waals surface area contributed by atoms with Crippen LogP contribution in [-0.4, -0.2) is 42.9 Å². The Labute approximate surface area is 151 Å². The molecule has 0 aliphatic heterocycles. The highest BCUT2D eigenvalue weighted by atomic mass is 79.9. The number of hydroxylamine groups is 2. The zero-order valence-corrected chi connectivity index (χ0v) is 16.3. The Hall–Kier alpha value is -1.60. The molecule has 0 fully saturated rings. The molecule has 0 aromatic heterocycles. The number of nitrogens with one attached hydrogen (secondary N) is 1. The summed E-state index contributed by atoms with van der Waals surface area (Å²) >= 11 is 3.39. The van der Waals surface area contributed by atoms with E-state index in [9.17, 15) is 9.59 Å². The van der Waals surface area contributed by atoms with Gasteiger partial charge in [-0.25, -0.2) is 9.86 Å². The maximum absolute atomic E-state index is 12.4. The van der Waals surface area contributed by atoms with Crippen LogP contribution in [0.3, 0.4) is 0 Å². The number of hydrogen-bond acceptors (Lipinski definition) is 4. The molecule has 1 aromatic carbocycles. The van der Waals surface area contributed by atoms with Crippen molar-refractivity contribution in [2.24, 2.45) is 0 Å². The Kier molecular flexibility index (Phi) is 7.69. The van der Waals surface area contributed by atoms with Crippen LogP contribution in [0.25, 0.3) is 0 Å². The normalized spacial score (nSPS) is 12.4. The molecule has 1 N–H and O–H groups in total. The van der Waals surface area contributed by atoms with Crippen LogP contribution in [0.5, 0.6) is 0 Å². The molecule has 134 valence electrons. The van der Waals surface area contributed by atoms with E-state index >= 15 is 0 Å². The van der Waals surface area contributed by atoms with E-state index in [2.05, 4.69) is 21.2 Å². The van der Waals surface area contributed by atoms with Gasteiger partial charge in [0, 0.05) is 11.5 Å². The van der Waals surface area contributed by atoms with Gasteiger partial charge in [-0.15, -0.1) is 0 Å². The minimum atomic E-state index is -0.728. The van der Waals surface area contributed by atoms with Gasteiger partial charge in [0.15, 0.2) is 0 Å². The highest BCUT2D eigenvalue weighted by molar-refractivity contribution is 9.10. The van der Waals surface area contributed by atoms with Gasteiger partial charge in [-0.05, 0) is 51.3 Å². The highest BCUT2D eigenvalue weighted by Crippen LogP contribution is 2.14. The average Bonchev–Trinajstić information content (AvgIpc) is 2.49. The summed E-state index contributed by atoms with van der Waals surface area (Å²) in [6, 6.07) is 7.09. The number of halogens is 1. The van der Waals surface area contributed by atoms with E-state index in [1.165, 1.54) is 14.2 Å². The molecule has 24 heavy (non-hydrogen) atoms. The van der Waals surface area contributed by atoms with Crippen LogP contribution in [0, 0.1) is 0 Å². The van der Waals surface area contributed by atoms with Crippen LogP contribution in [0.1, 0.15) is 32.8 Å². The largest absolute Gasteiger partial charge is 0.444 e. The second kappa shape index (κ2) is 9.03.